The van der Waals surface area contributed by atoms with E-state index in [9.17, 15) is 9.59 Å². The molecule has 120 valence electrons. The molecule has 0 atom stereocenters. The van der Waals surface area contributed by atoms with Crippen molar-refractivity contribution < 1.29 is 24.2 Å². The van der Waals surface area contributed by atoms with E-state index in [0.29, 0.717) is 24.3 Å². The number of hydrogen-bond acceptors (Lipinski definition) is 4. The lowest BCUT2D eigenvalue weighted by Crippen LogP contribution is -2.44. The molecule has 6 nitrogen and oxygen atoms in total. The van der Waals surface area contributed by atoms with Crippen LogP contribution in [-0.2, 0) is 15.0 Å². The highest BCUT2D eigenvalue weighted by Gasteiger charge is 2.43. The Morgan fingerprint density at radius 2 is 1.82 bits per heavy atom. The van der Waals surface area contributed by atoms with Gasteiger partial charge in [-0.2, -0.15) is 0 Å². The normalized spacial score (nSPS) is 16.1. The van der Waals surface area contributed by atoms with E-state index in [1.54, 1.807) is 20.3 Å². The highest BCUT2D eigenvalue weighted by Crippen LogP contribution is 2.43. The van der Waals surface area contributed by atoms with Gasteiger partial charge in [0.1, 0.15) is 6.54 Å². The Labute approximate surface area is 129 Å². The summed E-state index contributed by atoms with van der Waals surface area (Å²) in [6.07, 6.45) is 3.28. The van der Waals surface area contributed by atoms with Crippen LogP contribution < -0.4 is 14.8 Å². The first-order valence-electron chi connectivity index (χ1n) is 7.26. The molecular weight excluding hydrogens is 286 g/mol. The summed E-state index contributed by atoms with van der Waals surface area (Å²) in [5, 5.41) is 11.3. The Hall–Kier alpha value is -2.24. The van der Waals surface area contributed by atoms with Crippen LogP contribution in [0.25, 0.3) is 0 Å². The third-order valence-corrected chi connectivity index (χ3v) is 4.23. The molecule has 0 spiro atoms. The van der Waals surface area contributed by atoms with Crippen molar-refractivity contribution in [1.29, 1.82) is 0 Å². The molecule has 2 N–H and O–H groups in total. The molecule has 2 rings (SSSR count). The number of carbonyl (C=O) groups is 2. The number of carbonyl (C=O) groups excluding carboxylic acids is 1. The second kappa shape index (κ2) is 6.68. The highest BCUT2D eigenvalue weighted by molar-refractivity contribution is 5.91. The number of ether oxygens (including phenoxy) is 2. The van der Waals surface area contributed by atoms with Crippen molar-refractivity contribution in [3.8, 4) is 11.5 Å². The first kappa shape index (κ1) is 16.1. The Morgan fingerprint density at radius 1 is 1.18 bits per heavy atom. The summed E-state index contributed by atoms with van der Waals surface area (Å²) < 4.78 is 10.5. The summed E-state index contributed by atoms with van der Waals surface area (Å²) in [6, 6.07) is 5.44. The van der Waals surface area contributed by atoms with Crippen LogP contribution >= 0.6 is 0 Å². The van der Waals surface area contributed by atoms with Gasteiger partial charge in [0, 0.05) is 0 Å². The maximum absolute atomic E-state index is 12.6. The summed E-state index contributed by atoms with van der Waals surface area (Å²) in [5.41, 5.74) is 0.153. The lowest BCUT2D eigenvalue weighted by molar-refractivity contribution is -0.138. The summed E-state index contributed by atoms with van der Waals surface area (Å²) in [5.74, 6) is -0.115. The van der Waals surface area contributed by atoms with E-state index in [1.807, 2.05) is 12.1 Å². The van der Waals surface area contributed by atoms with E-state index in [0.717, 1.165) is 18.4 Å². The minimum absolute atomic E-state index is 0.236. The molecule has 0 bridgehead atoms. The molecule has 6 heteroatoms. The monoisotopic (exact) mass is 307 g/mol. The number of nitrogens with one attached hydrogen (secondary N) is 1. The number of aliphatic carboxylic acids is 1. The maximum Gasteiger partial charge on any atom is 0.322 e. The van der Waals surface area contributed by atoms with E-state index in [4.69, 9.17) is 14.6 Å². The number of carboxylic acid groups (broad SMARTS) is 1. The Morgan fingerprint density at radius 3 is 2.36 bits per heavy atom. The van der Waals surface area contributed by atoms with Crippen molar-refractivity contribution >= 4 is 11.9 Å². The molecule has 1 aliphatic carbocycles. The number of methoxy groups -OCH3 is 2. The van der Waals surface area contributed by atoms with Gasteiger partial charge >= 0.3 is 5.97 Å². The van der Waals surface area contributed by atoms with E-state index in [1.165, 1.54) is 0 Å². The van der Waals surface area contributed by atoms with Gasteiger partial charge in [0.25, 0.3) is 0 Å². The molecule has 0 saturated heterocycles. The lowest BCUT2D eigenvalue weighted by Gasteiger charge is -2.28. The van der Waals surface area contributed by atoms with Crippen LogP contribution in [0.1, 0.15) is 31.2 Å². The molecule has 1 aliphatic rings. The molecule has 1 saturated carbocycles. The van der Waals surface area contributed by atoms with Crippen molar-refractivity contribution in [2.24, 2.45) is 0 Å². The fourth-order valence-corrected chi connectivity index (χ4v) is 3.08. The minimum Gasteiger partial charge on any atom is -0.493 e. The van der Waals surface area contributed by atoms with Gasteiger partial charge in [0.05, 0.1) is 19.6 Å². The van der Waals surface area contributed by atoms with Gasteiger partial charge in [-0.3, -0.25) is 9.59 Å². The zero-order chi connectivity index (χ0) is 16.2. The largest absolute Gasteiger partial charge is 0.493 e. The summed E-state index contributed by atoms with van der Waals surface area (Å²) in [4.78, 5) is 23.3. The first-order valence-corrected chi connectivity index (χ1v) is 7.26. The predicted molar refractivity (Wildman–Crippen MR) is 80.3 cm³/mol. The van der Waals surface area contributed by atoms with Crippen LogP contribution in [0.3, 0.4) is 0 Å². The van der Waals surface area contributed by atoms with Gasteiger partial charge in [-0.05, 0) is 30.5 Å². The van der Waals surface area contributed by atoms with Crippen LogP contribution in [0.4, 0.5) is 0 Å². The maximum atomic E-state index is 12.6. The molecule has 0 aliphatic heterocycles. The molecule has 1 aromatic rings. The Bertz CT molecular complexity index is 564. The van der Waals surface area contributed by atoms with Crippen LogP contribution in [0, 0.1) is 0 Å². The van der Waals surface area contributed by atoms with Crippen LogP contribution in [0.5, 0.6) is 11.5 Å². The highest BCUT2D eigenvalue weighted by atomic mass is 16.5. The number of hydrogen-bond donors (Lipinski definition) is 2. The molecule has 0 heterocycles. The van der Waals surface area contributed by atoms with Gasteiger partial charge in [0.2, 0.25) is 5.91 Å². The number of amides is 1. The molecule has 1 fully saturated rings. The Kier molecular flexibility index (Phi) is 4.90. The van der Waals surface area contributed by atoms with Crippen LogP contribution in [0.15, 0.2) is 18.2 Å². The van der Waals surface area contributed by atoms with Crippen molar-refractivity contribution in [3.05, 3.63) is 23.8 Å². The van der Waals surface area contributed by atoms with Gasteiger partial charge in [-0.1, -0.05) is 18.9 Å². The van der Waals surface area contributed by atoms with E-state index >= 15 is 0 Å². The second-order valence-electron chi connectivity index (χ2n) is 5.44. The average Bonchev–Trinajstić information content (AvgIpc) is 3.02. The third kappa shape index (κ3) is 3.00. The zero-order valence-corrected chi connectivity index (χ0v) is 12.8. The minimum atomic E-state index is -1.05. The van der Waals surface area contributed by atoms with Gasteiger partial charge in [0.15, 0.2) is 11.5 Å². The molecule has 22 heavy (non-hydrogen) atoms. The lowest BCUT2D eigenvalue weighted by atomic mass is 9.78. The van der Waals surface area contributed by atoms with Crippen LogP contribution in [0.2, 0.25) is 0 Å². The molecular formula is C16H21NO5. The van der Waals surface area contributed by atoms with Crippen molar-refractivity contribution in [3.63, 3.8) is 0 Å². The van der Waals surface area contributed by atoms with Gasteiger partial charge < -0.3 is 19.9 Å². The smallest absolute Gasteiger partial charge is 0.322 e. The fourth-order valence-electron chi connectivity index (χ4n) is 3.08. The van der Waals surface area contributed by atoms with Crippen molar-refractivity contribution in [2.45, 2.75) is 31.1 Å². The summed E-state index contributed by atoms with van der Waals surface area (Å²) in [6.45, 7) is -0.367. The molecule has 0 aromatic heterocycles. The quantitative estimate of drug-likeness (QED) is 0.836. The molecule has 0 radical (unpaired) electrons. The third-order valence-electron chi connectivity index (χ3n) is 4.23. The molecule has 0 unspecified atom stereocenters. The number of benzene rings is 1. The SMILES string of the molecule is COc1ccc(C2(C(=O)NCC(=O)O)CCCC2)cc1OC. The second-order valence-corrected chi connectivity index (χ2v) is 5.44. The van der Waals surface area contributed by atoms with Crippen LogP contribution in [-0.4, -0.2) is 37.7 Å². The van der Waals surface area contributed by atoms with Crippen molar-refractivity contribution in [1.82, 2.24) is 5.32 Å². The first-order chi connectivity index (χ1) is 10.5. The average molecular weight is 307 g/mol. The van der Waals surface area contributed by atoms with E-state index < -0.39 is 11.4 Å². The number of carboxylic acids is 1. The standard InChI is InChI=1S/C16H21NO5/c1-21-12-6-5-11(9-13(12)22-2)16(7-3-4-8-16)15(20)17-10-14(18)19/h5-6,9H,3-4,7-8,10H2,1-2H3,(H,17,20)(H,18,19). The summed E-state index contributed by atoms with van der Waals surface area (Å²) >= 11 is 0. The topological polar surface area (TPSA) is 84.9 Å². The van der Waals surface area contributed by atoms with Gasteiger partial charge in [-0.15, -0.1) is 0 Å². The predicted octanol–water partition coefficient (Wildman–Crippen LogP) is 1.72. The molecule has 1 aromatic carbocycles. The Balaban J connectivity index is 2.35. The molecule has 1 amide bonds. The zero-order valence-electron chi connectivity index (χ0n) is 12.8. The van der Waals surface area contributed by atoms with E-state index in [2.05, 4.69) is 5.32 Å². The van der Waals surface area contributed by atoms with E-state index in [-0.39, 0.29) is 12.5 Å². The van der Waals surface area contributed by atoms with Gasteiger partial charge in [-0.25, -0.2) is 0 Å². The summed E-state index contributed by atoms with van der Waals surface area (Å²) in [7, 11) is 3.11. The van der Waals surface area contributed by atoms with Crippen molar-refractivity contribution in [2.75, 3.05) is 20.8 Å². The fraction of sp³-hybridized carbons (Fsp3) is 0.500. The number of rotatable bonds is 6.